The SMILES string of the molecule is Cc1cc(CN)cc(C)c1Oc1ncc2ccccc2n1. The van der Waals surface area contributed by atoms with Crippen LogP contribution >= 0.6 is 0 Å². The molecule has 0 atom stereocenters. The number of para-hydroxylation sites is 1. The van der Waals surface area contributed by atoms with E-state index in [9.17, 15) is 0 Å². The molecule has 1 aromatic heterocycles. The molecule has 0 radical (unpaired) electrons. The standard InChI is InChI=1S/C17H17N3O/c1-11-7-13(9-18)8-12(2)16(11)21-17-19-10-14-5-3-4-6-15(14)20-17/h3-8,10H,9,18H2,1-2H3. The zero-order chi connectivity index (χ0) is 14.8. The van der Waals surface area contributed by atoms with Gasteiger partial charge in [0, 0.05) is 18.1 Å². The summed E-state index contributed by atoms with van der Waals surface area (Å²) in [7, 11) is 0. The van der Waals surface area contributed by atoms with Gasteiger partial charge in [0.05, 0.1) is 5.52 Å². The van der Waals surface area contributed by atoms with Crippen LogP contribution in [0.2, 0.25) is 0 Å². The van der Waals surface area contributed by atoms with E-state index >= 15 is 0 Å². The summed E-state index contributed by atoms with van der Waals surface area (Å²) < 4.78 is 5.88. The average molecular weight is 279 g/mol. The molecule has 0 aliphatic heterocycles. The molecular formula is C17H17N3O. The lowest BCUT2D eigenvalue weighted by Crippen LogP contribution is -2.00. The molecule has 106 valence electrons. The maximum atomic E-state index is 5.88. The molecule has 0 saturated heterocycles. The fourth-order valence-corrected chi connectivity index (χ4v) is 2.41. The highest BCUT2D eigenvalue weighted by atomic mass is 16.5. The van der Waals surface area contributed by atoms with Crippen molar-refractivity contribution in [1.29, 1.82) is 0 Å². The molecule has 4 heteroatoms. The Kier molecular flexibility index (Phi) is 3.54. The van der Waals surface area contributed by atoms with Crippen LogP contribution in [0.25, 0.3) is 10.9 Å². The van der Waals surface area contributed by atoms with Gasteiger partial charge in [-0.2, -0.15) is 4.98 Å². The van der Waals surface area contributed by atoms with Gasteiger partial charge < -0.3 is 10.5 Å². The molecule has 0 amide bonds. The van der Waals surface area contributed by atoms with E-state index in [1.807, 2.05) is 50.2 Å². The largest absolute Gasteiger partial charge is 0.424 e. The van der Waals surface area contributed by atoms with Crippen molar-refractivity contribution in [2.45, 2.75) is 20.4 Å². The van der Waals surface area contributed by atoms with Crippen LogP contribution in [-0.2, 0) is 6.54 Å². The van der Waals surface area contributed by atoms with Crippen LogP contribution in [0.3, 0.4) is 0 Å². The Balaban J connectivity index is 1.98. The third-order valence-electron chi connectivity index (χ3n) is 3.42. The first-order valence-corrected chi connectivity index (χ1v) is 6.87. The van der Waals surface area contributed by atoms with Gasteiger partial charge in [-0.05, 0) is 36.6 Å². The number of nitrogens with two attached hydrogens (primary N) is 1. The van der Waals surface area contributed by atoms with Gasteiger partial charge in [-0.3, -0.25) is 0 Å². The molecule has 4 nitrogen and oxygen atoms in total. The molecular weight excluding hydrogens is 262 g/mol. The second kappa shape index (κ2) is 5.50. The molecule has 1 heterocycles. The number of hydrogen-bond acceptors (Lipinski definition) is 4. The van der Waals surface area contributed by atoms with Crippen molar-refractivity contribution in [1.82, 2.24) is 9.97 Å². The van der Waals surface area contributed by atoms with Crippen molar-refractivity contribution in [2.24, 2.45) is 5.73 Å². The zero-order valence-electron chi connectivity index (χ0n) is 12.1. The summed E-state index contributed by atoms with van der Waals surface area (Å²) in [6.07, 6.45) is 1.77. The summed E-state index contributed by atoms with van der Waals surface area (Å²) in [5, 5.41) is 0.997. The van der Waals surface area contributed by atoms with Gasteiger partial charge >= 0.3 is 6.01 Å². The Labute approximate surface area is 123 Å². The highest BCUT2D eigenvalue weighted by molar-refractivity contribution is 5.77. The number of benzene rings is 2. The molecule has 0 unspecified atom stereocenters. The Morgan fingerprint density at radius 3 is 2.52 bits per heavy atom. The van der Waals surface area contributed by atoms with E-state index in [0.29, 0.717) is 12.6 Å². The van der Waals surface area contributed by atoms with Gasteiger partial charge in [-0.15, -0.1) is 0 Å². The zero-order valence-corrected chi connectivity index (χ0v) is 12.1. The molecule has 2 aromatic carbocycles. The molecule has 3 rings (SSSR count). The van der Waals surface area contributed by atoms with Crippen LogP contribution in [0.5, 0.6) is 11.8 Å². The van der Waals surface area contributed by atoms with Crippen LogP contribution in [0.1, 0.15) is 16.7 Å². The van der Waals surface area contributed by atoms with E-state index in [1.165, 1.54) is 0 Å². The minimum atomic E-state index is 0.361. The predicted molar refractivity (Wildman–Crippen MR) is 83.4 cm³/mol. The van der Waals surface area contributed by atoms with Gasteiger partial charge in [0.25, 0.3) is 0 Å². The van der Waals surface area contributed by atoms with Gasteiger partial charge in [-0.1, -0.05) is 30.3 Å². The summed E-state index contributed by atoms with van der Waals surface area (Å²) in [6, 6.07) is 12.3. The Morgan fingerprint density at radius 2 is 1.81 bits per heavy atom. The molecule has 0 bridgehead atoms. The smallest absolute Gasteiger partial charge is 0.322 e. The number of nitrogens with zero attached hydrogens (tertiary/aromatic N) is 2. The first-order valence-electron chi connectivity index (χ1n) is 6.87. The summed E-state index contributed by atoms with van der Waals surface area (Å²) in [4.78, 5) is 8.71. The Bertz CT molecular complexity index is 776. The number of aromatic nitrogens is 2. The van der Waals surface area contributed by atoms with Gasteiger partial charge in [0.2, 0.25) is 0 Å². The number of fused-ring (bicyclic) bond motifs is 1. The third-order valence-corrected chi connectivity index (χ3v) is 3.42. The number of hydrogen-bond donors (Lipinski definition) is 1. The number of rotatable bonds is 3. The summed E-state index contributed by atoms with van der Waals surface area (Å²) in [6.45, 7) is 4.53. The fourth-order valence-electron chi connectivity index (χ4n) is 2.41. The molecule has 21 heavy (non-hydrogen) atoms. The Hall–Kier alpha value is -2.46. The summed E-state index contributed by atoms with van der Waals surface area (Å²) >= 11 is 0. The summed E-state index contributed by atoms with van der Waals surface area (Å²) in [5.74, 6) is 0.794. The molecule has 0 saturated carbocycles. The van der Waals surface area contributed by atoms with Crippen LogP contribution in [-0.4, -0.2) is 9.97 Å². The maximum absolute atomic E-state index is 5.88. The first-order chi connectivity index (χ1) is 10.2. The van der Waals surface area contributed by atoms with E-state index in [1.54, 1.807) is 6.20 Å². The van der Waals surface area contributed by atoms with Crippen molar-refractivity contribution in [3.8, 4) is 11.8 Å². The maximum Gasteiger partial charge on any atom is 0.322 e. The third kappa shape index (κ3) is 2.71. The first kappa shape index (κ1) is 13.5. The lowest BCUT2D eigenvalue weighted by atomic mass is 10.1. The fraction of sp³-hybridized carbons (Fsp3) is 0.176. The van der Waals surface area contributed by atoms with Crippen molar-refractivity contribution < 1.29 is 4.74 Å². The predicted octanol–water partition coefficient (Wildman–Crippen LogP) is 3.50. The number of aryl methyl sites for hydroxylation is 2. The van der Waals surface area contributed by atoms with Crippen LogP contribution < -0.4 is 10.5 Å². The number of ether oxygens (including phenoxy) is 1. The average Bonchev–Trinajstić information content (AvgIpc) is 2.50. The minimum absolute atomic E-state index is 0.361. The van der Waals surface area contributed by atoms with E-state index in [0.717, 1.165) is 33.3 Å². The molecule has 3 aromatic rings. The van der Waals surface area contributed by atoms with Gasteiger partial charge in [0.15, 0.2) is 0 Å². The van der Waals surface area contributed by atoms with Crippen molar-refractivity contribution in [3.05, 3.63) is 59.3 Å². The molecule has 2 N–H and O–H groups in total. The van der Waals surface area contributed by atoms with E-state index in [-0.39, 0.29) is 0 Å². The molecule has 0 spiro atoms. The minimum Gasteiger partial charge on any atom is -0.424 e. The molecule has 0 aliphatic rings. The highest BCUT2D eigenvalue weighted by Gasteiger charge is 2.09. The van der Waals surface area contributed by atoms with Crippen LogP contribution in [0.4, 0.5) is 0 Å². The van der Waals surface area contributed by atoms with Gasteiger partial charge in [-0.25, -0.2) is 4.98 Å². The lowest BCUT2D eigenvalue weighted by molar-refractivity contribution is 0.437. The molecule has 0 fully saturated rings. The lowest BCUT2D eigenvalue weighted by Gasteiger charge is -2.12. The van der Waals surface area contributed by atoms with E-state index in [4.69, 9.17) is 10.5 Å². The van der Waals surface area contributed by atoms with Crippen LogP contribution in [0, 0.1) is 13.8 Å². The van der Waals surface area contributed by atoms with Crippen molar-refractivity contribution >= 4 is 10.9 Å². The normalized spacial score (nSPS) is 10.8. The second-order valence-corrected chi connectivity index (χ2v) is 5.08. The highest BCUT2D eigenvalue weighted by Crippen LogP contribution is 2.28. The molecule has 0 aliphatic carbocycles. The monoisotopic (exact) mass is 279 g/mol. The quantitative estimate of drug-likeness (QED) is 0.797. The van der Waals surface area contributed by atoms with Crippen molar-refractivity contribution in [2.75, 3.05) is 0 Å². The van der Waals surface area contributed by atoms with Crippen molar-refractivity contribution in [3.63, 3.8) is 0 Å². The second-order valence-electron chi connectivity index (χ2n) is 5.08. The summed E-state index contributed by atoms with van der Waals surface area (Å²) in [5.41, 5.74) is 9.72. The van der Waals surface area contributed by atoms with E-state index in [2.05, 4.69) is 9.97 Å². The Morgan fingerprint density at radius 1 is 1.10 bits per heavy atom. The van der Waals surface area contributed by atoms with E-state index < -0.39 is 0 Å². The topological polar surface area (TPSA) is 61.0 Å². The van der Waals surface area contributed by atoms with Gasteiger partial charge in [0.1, 0.15) is 5.75 Å². The van der Waals surface area contributed by atoms with Crippen LogP contribution in [0.15, 0.2) is 42.6 Å².